The van der Waals surface area contributed by atoms with Crippen LogP contribution in [0.1, 0.15) is 18.3 Å². The summed E-state index contributed by atoms with van der Waals surface area (Å²) in [4.78, 5) is 31.4. The Morgan fingerprint density at radius 1 is 1.10 bits per heavy atom. The van der Waals surface area contributed by atoms with Gasteiger partial charge in [0, 0.05) is 12.7 Å². The fourth-order valence-electron chi connectivity index (χ4n) is 4.00. The number of H-pyrrole nitrogens is 1. The minimum absolute atomic E-state index is 0.112. The van der Waals surface area contributed by atoms with Gasteiger partial charge in [0.25, 0.3) is 5.56 Å². The van der Waals surface area contributed by atoms with Gasteiger partial charge >= 0.3 is 0 Å². The van der Waals surface area contributed by atoms with E-state index in [1.807, 2.05) is 35.2 Å². The first-order valence-corrected chi connectivity index (χ1v) is 10.4. The Balaban J connectivity index is 1.58. The number of para-hydroxylation sites is 1. The van der Waals surface area contributed by atoms with Gasteiger partial charge < -0.3 is 9.88 Å². The monoisotopic (exact) mass is 452 g/mol. The summed E-state index contributed by atoms with van der Waals surface area (Å²) in [7, 11) is 0. The highest BCUT2D eigenvalue weighted by molar-refractivity contribution is 6.33. The molecule has 0 bridgehead atoms. The molecule has 0 radical (unpaired) electrons. The Bertz CT molecular complexity index is 1510. The second kappa shape index (κ2) is 6.79. The fraction of sp³-hybridized carbons (Fsp3) is 0.150. The number of fused-ring (bicyclic) bond motifs is 2. The highest BCUT2D eigenvalue weighted by Crippen LogP contribution is 2.39. The summed E-state index contributed by atoms with van der Waals surface area (Å²) < 4.78 is 3.15. The van der Waals surface area contributed by atoms with Crippen molar-refractivity contribution < 1.29 is 0 Å². The second-order valence-electron chi connectivity index (χ2n) is 7.21. The van der Waals surface area contributed by atoms with E-state index >= 15 is 0 Å². The first-order valence-electron chi connectivity index (χ1n) is 9.60. The van der Waals surface area contributed by atoms with Crippen LogP contribution in [0.15, 0.2) is 53.7 Å². The van der Waals surface area contributed by atoms with Gasteiger partial charge in [-0.2, -0.15) is 15.1 Å². The summed E-state index contributed by atoms with van der Waals surface area (Å²) >= 11 is 12.4. The molecular weight excluding hydrogens is 439 g/mol. The maximum atomic E-state index is 13.5. The largest absolute Gasteiger partial charge is 0.344 e. The van der Waals surface area contributed by atoms with Crippen molar-refractivity contribution in [1.29, 1.82) is 0 Å². The zero-order valence-electron chi connectivity index (χ0n) is 15.9. The number of hydrogen-bond acceptors (Lipinski definition) is 6. The van der Waals surface area contributed by atoms with Gasteiger partial charge in [0.2, 0.25) is 5.28 Å². The molecule has 1 atom stereocenters. The highest BCUT2D eigenvalue weighted by atomic mass is 35.5. The van der Waals surface area contributed by atoms with E-state index < -0.39 is 0 Å². The van der Waals surface area contributed by atoms with Crippen molar-refractivity contribution >= 4 is 45.7 Å². The van der Waals surface area contributed by atoms with Crippen molar-refractivity contribution in [2.75, 3.05) is 11.4 Å². The predicted molar refractivity (Wildman–Crippen MR) is 117 cm³/mol. The van der Waals surface area contributed by atoms with Crippen molar-refractivity contribution in [3.05, 3.63) is 75.4 Å². The molecule has 0 unspecified atom stereocenters. The molecular formula is C20H14Cl2N8O. The molecule has 0 spiro atoms. The summed E-state index contributed by atoms with van der Waals surface area (Å²) in [5, 5.41) is 5.25. The highest BCUT2D eigenvalue weighted by Gasteiger charge is 2.37. The van der Waals surface area contributed by atoms with Gasteiger partial charge in [-0.3, -0.25) is 9.36 Å². The van der Waals surface area contributed by atoms with E-state index in [0.717, 1.165) is 13.0 Å². The third kappa shape index (κ3) is 2.74. The van der Waals surface area contributed by atoms with Crippen LogP contribution in [0.4, 0.5) is 5.82 Å². The summed E-state index contributed by atoms with van der Waals surface area (Å²) in [5.41, 5.74) is 2.00. The number of aromatic nitrogens is 7. The molecule has 5 heterocycles. The molecule has 0 amide bonds. The summed E-state index contributed by atoms with van der Waals surface area (Å²) in [6, 6.07) is 10.9. The molecule has 1 saturated heterocycles. The molecule has 154 valence electrons. The van der Waals surface area contributed by atoms with Crippen LogP contribution in [0.3, 0.4) is 0 Å². The van der Waals surface area contributed by atoms with E-state index in [9.17, 15) is 4.79 Å². The van der Waals surface area contributed by atoms with E-state index in [-0.39, 0.29) is 16.9 Å². The third-order valence-electron chi connectivity index (χ3n) is 5.51. The lowest BCUT2D eigenvalue weighted by Gasteiger charge is -2.41. The average Bonchev–Trinajstić information content (AvgIpc) is 3.35. The fourth-order valence-corrected chi connectivity index (χ4v) is 4.38. The van der Waals surface area contributed by atoms with Gasteiger partial charge in [-0.25, -0.2) is 9.50 Å². The summed E-state index contributed by atoms with van der Waals surface area (Å²) in [6.07, 6.45) is 4.03. The van der Waals surface area contributed by atoms with Crippen LogP contribution < -0.4 is 10.5 Å². The topological polar surface area (TPSA) is 97.0 Å². The number of anilines is 1. The SMILES string of the molecule is O=c1c2c(Cl)ccn2nc([C@@H]2CCN2c2nc(Cl)nc3nc[nH]c23)n1-c1ccccc1. The number of rotatable bonds is 3. The number of benzene rings is 1. The maximum absolute atomic E-state index is 13.5. The van der Waals surface area contributed by atoms with Crippen molar-refractivity contribution in [3.8, 4) is 5.69 Å². The van der Waals surface area contributed by atoms with Gasteiger partial charge in [-0.15, -0.1) is 0 Å². The van der Waals surface area contributed by atoms with Crippen molar-refractivity contribution in [2.45, 2.75) is 12.5 Å². The third-order valence-corrected chi connectivity index (χ3v) is 5.98. The lowest BCUT2D eigenvalue weighted by molar-refractivity contribution is 0.424. The van der Waals surface area contributed by atoms with Gasteiger partial charge in [-0.1, -0.05) is 29.8 Å². The number of hydrogen-bond donors (Lipinski definition) is 1. The first-order chi connectivity index (χ1) is 15.1. The van der Waals surface area contributed by atoms with E-state index in [1.165, 1.54) is 4.52 Å². The van der Waals surface area contributed by atoms with Crippen LogP contribution in [0.2, 0.25) is 10.3 Å². The number of nitrogens with one attached hydrogen (secondary N) is 1. The molecule has 6 rings (SSSR count). The van der Waals surface area contributed by atoms with Gasteiger partial charge in [0.15, 0.2) is 17.3 Å². The number of nitrogens with zero attached hydrogens (tertiary/aromatic N) is 7. The Morgan fingerprint density at radius 3 is 2.71 bits per heavy atom. The van der Waals surface area contributed by atoms with E-state index in [2.05, 4.69) is 19.9 Å². The Kier molecular flexibility index (Phi) is 4.02. The van der Waals surface area contributed by atoms with Crippen LogP contribution in [0.25, 0.3) is 22.4 Å². The van der Waals surface area contributed by atoms with Crippen LogP contribution in [-0.2, 0) is 0 Å². The van der Waals surface area contributed by atoms with E-state index in [1.54, 1.807) is 23.2 Å². The van der Waals surface area contributed by atoms with Crippen molar-refractivity contribution in [3.63, 3.8) is 0 Å². The van der Waals surface area contributed by atoms with Gasteiger partial charge in [0.1, 0.15) is 11.0 Å². The predicted octanol–water partition coefficient (Wildman–Crippen LogP) is 3.41. The lowest BCUT2D eigenvalue weighted by atomic mass is 10.0. The first kappa shape index (κ1) is 18.3. The van der Waals surface area contributed by atoms with Crippen LogP contribution in [-0.4, -0.2) is 40.7 Å². The van der Waals surface area contributed by atoms with Gasteiger partial charge in [-0.05, 0) is 36.2 Å². The van der Waals surface area contributed by atoms with E-state index in [4.69, 9.17) is 28.3 Å². The molecule has 1 aromatic carbocycles. The van der Waals surface area contributed by atoms with E-state index in [0.29, 0.717) is 39.0 Å². The zero-order chi connectivity index (χ0) is 21.1. The van der Waals surface area contributed by atoms with Crippen LogP contribution in [0.5, 0.6) is 0 Å². The number of imidazole rings is 1. The smallest absolute Gasteiger partial charge is 0.284 e. The van der Waals surface area contributed by atoms with Crippen LogP contribution >= 0.6 is 23.2 Å². The van der Waals surface area contributed by atoms with Gasteiger partial charge in [0.05, 0.1) is 23.1 Å². The van der Waals surface area contributed by atoms with Crippen LogP contribution in [0, 0.1) is 0 Å². The average molecular weight is 453 g/mol. The molecule has 1 aliphatic heterocycles. The molecule has 9 nitrogen and oxygen atoms in total. The minimum Gasteiger partial charge on any atom is -0.344 e. The molecule has 4 aromatic heterocycles. The molecule has 11 heteroatoms. The Hall–Kier alpha value is -3.43. The number of halogens is 2. The minimum atomic E-state index is -0.231. The Labute approximate surface area is 184 Å². The molecule has 1 fully saturated rings. The maximum Gasteiger partial charge on any atom is 0.284 e. The van der Waals surface area contributed by atoms with Crippen molar-refractivity contribution in [1.82, 2.24) is 34.1 Å². The normalized spacial score (nSPS) is 16.2. The molecule has 0 saturated carbocycles. The second-order valence-corrected chi connectivity index (χ2v) is 7.95. The summed E-state index contributed by atoms with van der Waals surface area (Å²) in [5.74, 6) is 1.22. The quantitative estimate of drug-likeness (QED) is 0.421. The number of aromatic amines is 1. The zero-order valence-corrected chi connectivity index (χ0v) is 17.4. The standard InChI is InChI=1S/C20H14Cl2N8O/c21-12-6-9-29-15(12)19(31)30(11-4-2-1-3-5-11)17(27-29)13-7-8-28(13)18-14-16(24-10-23-14)25-20(22)26-18/h1-6,9-10,13H,7-8H2,(H,23,24,25,26)/t13-/m0/s1. The molecule has 0 aliphatic carbocycles. The Morgan fingerprint density at radius 2 is 1.94 bits per heavy atom. The van der Waals surface area contributed by atoms with Crippen molar-refractivity contribution in [2.24, 2.45) is 0 Å². The lowest BCUT2D eigenvalue weighted by Crippen LogP contribution is -2.45. The molecule has 5 aromatic rings. The molecule has 31 heavy (non-hydrogen) atoms. The molecule has 1 N–H and O–H groups in total. The summed E-state index contributed by atoms with van der Waals surface area (Å²) in [6.45, 7) is 0.723. The molecule has 1 aliphatic rings.